The number of nitrogens with zero attached hydrogens (tertiary/aromatic N) is 4. The molecule has 0 bridgehead atoms. The van der Waals surface area contributed by atoms with E-state index in [4.69, 9.17) is 32.7 Å². The third-order valence-corrected chi connectivity index (χ3v) is 11.7. The molecule has 1 atom stereocenters. The van der Waals surface area contributed by atoms with Crippen molar-refractivity contribution in [3.63, 3.8) is 0 Å². The van der Waals surface area contributed by atoms with Gasteiger partial charge in [-0.3, -0.25) is 29.0 Å². The lowest BCUT2D eigenvalue weighted by Gasteiger charge is -2.52. The van der Waals surface area contributed by atoms with Gasteiger partial charge >= 0.3 is 5.97 Å². The number of fused-ring (bicyclic) bond motifs is 1. The molecule has 1 aromatic heterocycles. The highest BCUT2D eigenvalue weighted by atomic mass is 35.5. The van der Waals surface area contributed by atoms with E-state index in [9.17, 15) is 14.4 Å². The molecule has 292 valence electrons. The van der Waals surface area contributed by atoms with Crippen molar-refractivity contribution in [2.45, 2.75) is 84.6 Å². The number of aromatic nitrogens is 1. The van der Waals surface area contributed by atoms with E-state index in [2.05, 4.69) is 15.1 Å². The van der Waals surface area contributed by atoms with E-state index >= 15 is 4.79 Å². The number of rotatable bonds is 11. The molecule has 3 heterocycles. The van der Waals surface area contributed by atoms with Gasteiger partial charge in [-0.15, -0.1) is 0 Å². The average Bonchev–Trinajstić information content (AvgIpc) is 3.81. The fourth-order valence-electron chi connectivity index (χ4n) is 8.20. The molecule has 1 unspecified atom stereocenters. The smallest absolute Gasteiger partial charge is 0.308 e. The fraction of sp³-hybridized carbons (Fsp3) is 0.561. The summed E-state index contributed by atoms with van der Waals surface area (Å²) in [6.07, 6.45) is 5.78. The molecule has 11 nitrogen and oxygen atoms in total. The van der Waals surface area contributed by atoms with Gasteiger partial charge in [-0.05, 0) is 69.2 Å². The van der Waals surface area contributed by atoms with E-state index in [0.29, 0.717) is 93.4 Å². The number of Topliss-reactive ketones (excluding diaryl/α,β-unsaturated/α-hetero) is 1. The van der Waals surface area contributed by atoms with Crippen LogP contribution in [0.5, 0.6) is 0 Å². The summed E-state index contributed by atoms with van der Waals surface area (Å²) in [5.74, 6) is -2.19. The number of aryl methyl sites for hydroxylation is 1. The minimum Gasteiger partial charge on any atom is -0.466 e. The Morgan fingerprint density at radius 1 is 0.870 bits per heavy atom. The lowest BCUT2D eigenvalue weighted by molar-refractivity contribution is -0.260. The van der Waals surface area contributed by atoms with Crippen LogP contribution in [0, 0.1) is 11.3 Å². The number of nitrogens with one attached hydrogen (secondary N) is 1. The number of hydrogen-bond donors (Lipinski definition) is 1. The molecule has 2 saturated heterocycles. The van der Waals surface area contributed by atoms with E-state index in [1.54, 1.807) is 18.3 Å². The molecule has 2 aromatic carbocycles. The van der Waals surface area contributed by atoms with Gasteiger partial charge in [-0.2, -0.15) is 0 Å². The van der Waals surface area contributed by atoms with E-state index in [-0.39, 0.29) is 47.0 Å². The lowest BCUT2D eigenvalue weighted by atomic mass is 9.87. The van der Waals surface area contributed by atoms with Gasteiger partial charge in [0.05, 0.1) is 34.9 Å². The zero-order valence-electron chi connectivity index (χ0n) is 32.1. The molecule has 54 heavy (non-hydrogen) atoms. The van der Waals surface area contributed by atoms with Crippen molar-refractivity contribution in [3.05, 3.63) is 63.8 Å². The SMILES string of the molecule is CCOC(=O)[C@H]1CC[C@H](OC(C(=O)Cc2cc(Cl)c(NC(=O)c3cn(C)c4ccccc34)cc2Cl)(N2CCCC2)N2CCN(C(=O)C(C)(C)C)CC2)CC1. The molecule has 3 fully saturated rings. The highest BCUT2D eigenvalue weighted by Gasteiger charge is 2.53. The summed E-state index contributed by atoms with van der Waals surface area (Å²) in [6.45, 7) is 11.1. The van der Waals surface area contributed by atoms with Crippen molar-refractivity contribution in [1.82, 2.24) is 19.3 Å². The predicted molar refractivity (Wildman–Crippen MR) is 211 cm³/mol. The number of anilines is 1. The minimum atomic E-state index is -1.41. The molecule has 1 saturated carbocycles. The quantitative estimate of drug-likeness (QED) is 0.209. The van der Waals surface area contributed by atoms with Crippen LogP contribution in [0.4, 0.5) is 5.69 Å². The number of amides is 2. The molecule has 3 aromatic rings. The van der Waals surface area contributed by atoms with Crippen molar-refractivity contribution >= 4 is 63.4 Å². The van der Waals surface area contributed by atoms with Crippen molar-refractivity contribution in [1.29, 1.82) is 0 Å². The maximum absolute atomic E-state index is 15.1. The number of carbonyl (C=O) groups excluding carboxylic acids is 4. The van der Waals surface area contributed by atoms with Crippen LogP contribution >= 0.6 is 23.2 Å². The van der Waals surface area contributed by atoms with Crippen LogP contribution in [-0.2, 0) is 37.3 Å². The number of carbonyl (C=O) groups is 4. The summed E-state index contributed by atoms with van der Waals surface area (Å²) in [5, 5.41) is 4.29. The highest BCUT2D eigenvalue weighted by Crippen LogP contribution is 2.38. The number of hydrogen-bond acceptors (Lipinski definition) is 8. The van der Waals surface area contributed by atoms with Gasteiger partial charge in [0.1, 0.15) is 0 Å². The van der Waals surface area contributed by atoms with Crippen LogP contribution in [0.25, 0.3) is 10.9 Å². The Bertz CT molecular complexity index is 1870. The molecule has 2 amide bonds. The number of ether oxygens (including phenoxy) is 2. The largest absolute Gasteiger partial charge is 0.466 e. The first kappa shape index (κ1) is 40.2. The van der Waals surface area contributed by atoms with Gasteiger partial charge in [0, 0.05) is 80.3 Å². The second-order valence-corrected chi connectivity index (χ2v) is 16.6. The fourth-order valence-corrected chi connectivity index (χ4v) is 8.67. The third-order valence-electron chi connectivity index (χ3n) is 11.0. The Hall–Kier alpha value is -3.48. The van der Waals surface area contributed by atoms with Crippen molar-refractivity contribution in [2.24, 2.45) is 18.4 Å². The number of para-hydroxylation sites is 1. The van der Waals surface area contributed by atoms with E-state index in [1.165, 1.54) is 0 Å². The van der Waals surface area contributed by atoms with Gasteiger partial charge in [0.2, 0.25) is 11.8 Å². The topological polar surface area (TPSA) is 113 Å². The summed E-state index contributed by atoms with van der Waals surface area (Å²) >= 11 is 13.7. The van der Waals surface area contributed by atoms with Gasteiger partial charge in [0.25, 0.3) is 5.91 Å². The van der Waals surface area contributed by atoms with Crippen molar-refractivity contribution < 1.29 is 28.7 Å². The second-order valence-electron chi connectivity index (χ2n) is 15.8. The maximum atomic E-state index is 15.1. The van der Waals surface area contributed by atoms with Crippen LogP contribution < -0.4 is 5.32 Å². The maximum Gasteiger partial charge on any atom is 0.308 e. The Morgan fingerprint density at radius 3 is 2.17 bits per heavy atom. The van der Waals surface area contributed by atoms with Crippen LogP contribution in [-0.4, -0.2) is 101 Å². The normalized spacial score (nSPS) is 21.2. The predicted octanol–water partition coefficient (Wildman–Crippen LogP) is 6.93. The third kappa shape index (κ3) is 8.35. The van der Waals surface area contributed by atoms with Gasteiger partial charge in [-0.1, -0.05) is 62.2 Å². The Morgan fingerprint density at radius 2 is 1.52 bits per heavy atom. The molecule has 1 N–H and O–H groups in total. The molecule has 13 heteroatoms. The summed E-state index contributed by atoms with van der Waals surface area (Å²) in [6, 6.07) is 10.9. The zero-order valence-corrected chi connectivity index (χ0v) is 33.6. The molecule has 1 aliphatic carbocycles. The van der Waals surface area contributed by atoms with Gasteiger partial charge in [-0.25, -0.2) is 0 Å². The zero-order chi connectivity index (χ0) is 38.8. The summed E-state index contributed by atoms with van der Waals surface area (Å²) in [4.78, 5) is 60.6. The van der Waals surface area contributed by atoms with Crippen LogP contribution in [0.15, 0.2) is 42.6 Å². The number of ketones is 1. The average molecular weight is 783 g/mol. The summed E-state index contributed by atoms with van der Waals surface area (Å²) in [7, 11) is 1.89. The number of esters is 1. The first-order valence-corrected chi connectivity index (χ1v) is 20.0. The van der Waals surface area contributed by atoms with E-state index in [1.807, 2.05) is 68.5 Å². The number of benzene rings is 2. The van der Waals surface area contributed by atoms with E-state index in [0.717, 1.165) is 23.7 Å². The molecular weight excluding hydrogens is 729 g/mol. The molecule has 0 spiro atoms. The van der Waals surface area contributed by atoms with Crippen LogP contribution in [0.1, 0.15) is 82.1 Å². The Labute approximate surface area is 328 Å². The lowest BCUT2D eigenvalue weighted by Crippen LogP contribution is -2.71. The molecule has 6 rings (SSSR count). The van der Waals surface area contributed by atoms with Crippen molar-refractivity contribution in [2.75, 3.05) is 51.2 Å². The van der Waals surface area contributed by atoms with Crippen LogP contribution in [0.3, 0.4) is 0 Å². The molecule has 2 aliphatic heterocycles. The molecule has 0 radical (unpaired) electrons. The van der Waals surface area contributed by atoms with Crippen LogP contribution in [0.2, 0.25) is 10.0 Å². The minimum absolute atomic E-state index is 0.0636. The Kier molecular flexibility index (Phi) is 12.4. The molecule has 3 aliphatic rings. The van der Waals surface area contributed by atoms with E-state index < -0.39 is 11.3 Å². The number of halogens is 2. The van der Waals surface area contributed by atoms with Gasteiger partial charge in [0.15, 0.2) is 5.78 Å². The molecular formula is C41H53Cl2N5O6. The monoisotopic (exact) mass is 781 g/mol. The first-order chi connectivity index (χ1) is 25.7. The highest BCUT2D eigenvalue weighted by molar-refractivity contribution is 6.36. The number of piperazine rings is 1. The summed E-state index contributed by atoms with van der Waals surface area (Å²) in [5.41, 5.74) is 1.78. The summed E-state index contributed by atoms with van der Waals surface area (Å²) < 4.78 is 14.3. The van der Waals surface area contributed by atoms with Gasteiger partial charge < -0.3 is 24.3 Å². The Balaban J connectivity index is 1.27. The van der Waals surface area contributed by atoms with Crippen molar-refractivity contribution in [3.8, 4) is 0 Å². The number of likely N-dealkylation sites (tertiary alicyclic amines) is 1. The first-order valence-electron chi connectivity index (χ1n) is 19.2. The standard InChI is InChI=1S/C41H53Cl2N5O6/c1-6-53-38(51)27-13-15-29(16-14-27)54-41(47-17-9-10-18-47,48-21-19-46(20-22-48)39(52)40(2,3)4)36(49)24-28-23-33(43)34(25-32(28)42)44-37(50)31-26-45(5)35-12-8-7-11-30(31)35/h7-8,11-12,23,25-27,29H,6,9-10,13-22,24H2,1-5H3,(H,44,50)/t27-,29-,41?. The second kappa shape index (κ2) is 16.7.